The van der Waals surface area contributed by atoms with Crippen molar-refractivity contribution in [3.63, 3.8) is 0 Å². The Kier molecular flexibility index (Phi) is 3.42. The smallest absolute Gasteiger partial charge is 0.228 e. The van der Waals surface area contributed by atoms with E-state index in [1.807, 2.05) is 31.2 Å². The highest BCUT2D eigenvalue weighted by molar-refractivity contribution is 5.97. The fourth-order valence-corrected chi connectivity index (χ4v) is 2.07. The third-order valence-electron chi connectivity index (χ3n) is 2.92. The zero-order valence-electron chi connectivity index (χ0n) is 9.82. The van der Waals surface area contributed by atoms with E-state index in [2.05, 4.69) is 10.6 Å². The molecular formula is C13H16N2O2. The van der Waals surface area contributed by atoms with E-state index in [1.165, 1.54) is 0 Å². The average molecular weight is 232 g/mol. The average Bonchev–Trinajstić information content (AvgIpc) is 2.30. The molecular weight excluding hydrogens is 216 g/mol. The van der Waals surface area contributed by atoms with Crippen molar-refractivity contribution < 1.29 is 9.59 Å². The van der Waals surface area contributed by atoms with Gasteiger partial charge in [0.25, 0.3) is 0 Å². The van der Waals surface area contributed by atoms with Gasteiger partial charge in [0.1, 0.15) is 0 Å². The maximum absolute atomic E-state index is 11.8. The van der Waals surface area contributed by atoms with Gasteiger partial charge in [0.2, 0.25) is 11.8 Å². The van der Waals surface area contributed by atoms with Crippen LogP contribution in [0.15, 0.2) is 24.3 Å². The second kappa shape index (κ2) is 4.99. The highest BCUT2D eigenvalue weighted by Gasteiger charge is 2.27. The lowest BCUT2D eigenvalue weighted by atomic mass is 9.90. The van der Waals surface area contributed by atoms with Gasteiger partial charge < -0.3 is 10.6 Å². The molecule has 2 rings (SSSR count). The molecule has 0 fully saturated rings. The molecule has 0 saturated carbocycles. The summed E-state index contributed by atoms with van der Waals surface area (Å²) < 4.78 is 0. The molecule has 90 valence electrons. The summed E-state index contributed by atoms with van der Waals surface area (Å²) in [5.41, 5.74) is 1.96. The van der Waals surface area contributed by atoms with Crippen LogP contribution in [0, 0.1) is 5.92 Å². The van der Waals surface area contributed by atoms with Crippen molar-refractivity contribution in [1.82, 2.24) is 5.32 Å². The summed E-state index contributed by atoms with van der Waals surface area (Å²) in [5.74, 6) is -0.376. The molecule has 1 unspecified atom stereocenters. The first kappa shape index (κ1) is 11.6. The van der Waals surface area contributed by atoms with Gasteiger partial charge in [0.15, 0.2) is 0 Å². The molecule has 1 aliphatic heterocycles. The minimum absolute atomic E-state index is 0.0602. The molecule has 1 aromatic carbocycles. The summed E-state index contributed by atoms with van der Waals surface area (Å²) in [5, 5.41) is 5.56. The number of hydrogen-bond acceptors (Lipinski definition) is 2. The number of hydrogen-bond donors (Lipinski definition) is 2. The third kappa shape index (κ3) is 2.64. The van der Waals surface area contributed by atoms with E-state index in [-0.39, 0.29) is 24.2 Å². The van der Waals surface area contributed by atoms with Gasteiger partial charge in [-0.25, -0.2) is 0 Å². The highest BCUT2D eigenvalue weighted by atomic mass is 16.2. The lowest BCUT2D eigenvalue weighted by Gasteiger charge is -2.24. The molecule has 4 nitrogen and oxygen atoms in total. The summed E-state index contributed by atoms with van der Waals surface area (Å²) in [6, 6.07) is 7.71. The number of rotatable bonds is 3. The van der Waals surface area contributed by atoms with E-state index in [0.717, 1.165) is 11.3 Å². The standard InChI is InChI=1S/C13H16N2O2/c1-2-14-12(16)8-10-7-9-5-3-4-6-11(9)15-13(10)17/h3-6,10H,2,7-8H2,1H3,(H,14,16)(H,15,17). The Balaban J connectivity index is 2.07. The van der Waals surface area contributed by atoms with Crippen LogP contribution in [0.4, 0.5) is 5.69 Å². The second-order valence-electron chi connectivity index (χ2n) is 4.21. The summed E-state index contributed by atoms with van der Waals surface area (Å²) in [6.07, 6.45) is 0.896. The van der Waals surface area contributed by atoms with Crippen molar-refractivity contribution in [3.8, 4) is 0 Å². The molecule has 1 atom stereocenters. The van der Waals surface area contributed by atoms with E-state index >= 15 is 0 Å². The summed E-state index contributed by atoms with van der Waals surface area (Å²) in [6.45, 7) is 2.47. The van der Waals surface area contributed by atoms with E-state index in [4.69, 9.17) is 0 Å². The molecule has 0 radical (unpaired) electrons. The van der Waals surface area contributed by atoms with Gasteiger partial charge in [-0.05, 0) is 25.0 Å². The second-order valence-corrected chi connectivity index (χ2v) is 4.21. The predicted octanol–water partition coefficient (Wildman–Crippen LogP) is 1.32. The van der Waals surface area contributed by atoms with Gasteiger partial charge in [-0.2, -0.15) is 0 Å². The Morgan fingerprint density at radius 1 is 1.47 bits per heavy atom. The number of para-hydroxylation sites is 1. The SMILES string of the molecule is CCNC(=O)CC1Cc2ccccc2NC1=O. The first-order chi connectivity index (χ1) is 8.20. The zero-order valence-corrected chi connectivity index (χ0v) is 9.82. The first-order valence-electron chi connectivity index (χ1n) is 5.86. The van der Waals surface area contributed by atoms with E-state index in [1.54, 1.807) is 0 Å². The number of carbonyl (C=O) groups is 2. The van der Waals surface area contributed by atoms with Gasteiger partial charge in [-0.1, -0.05) is 18.2 Å². The molecule has 0 spiro atoms. The Morgan fingerprint density at radius 2 is 2.24 bits per heavy atom. The maximum atomic E-state index is 11.8. The number of nitrogens with one attached hydrogen (secondary N) is 2. The quantitative estimate of drug-likeness (QED) is 0.825. The van der Waals surface area contributed by atoms with E-state index < -0.39 is 0 Å². The van der Waals surface area contributed by atoms with Crippen LogP contribution in [0.1, 0.15) is 18.9 Å². The van der Waals surface area contributed by atoms with Crippen molar-refractivity contribution in [2.45, 2.75) is 19.8 Å². The van der Waals surface area contributed by atoms with Crippen LogP contribution in [-0.2, 0) is 16.0 Å². The molecule has 1 heterocycles. The zero-order chi connectivity index (χ0) is 12.3. The topological polar surface area (TPSA) is 58.2 Å². The van der Waals surface area contributed by atoms with Crippen molar-refractivity contribution in [3.05, 3.63) is 29.8 Å². The normalized spacial score (nSPS) is 18.2. The molecule has 1 aliphatic rings. The number of amides is 2. The third-order valence-corrected chi connectivity index (χ3v) is 2.92. The van der Waals surface area contributed by atoms with Crippen molar-refractivity contribution in [2.75, 3.05) is 11.9 Å². The highest BCUT2D eigenvalue weighted by Crippen LogP contribution is 2.26. The van der Waals surface area contributed by atoms with Crippen molar-refractivity contribution in [2.24, 2.45) is 5.92 Å². The molecule has 2 N–H and O–H groups in total. The number of fused-ring (bicyclic) bond motifs is 1. The van der Waals surface area contributed by atoms with Gasteiger partial charge in [-0.15, -0.1) is 0 Å². The molecule has 17 heavy (non-hydrogen) atoms. The molecule has 2 amide bonds. The minimum atomic E-state index is -0.253. The Bertz CT molecular complexity index is 443. The van der Waals surface area contributed by atoms with Crippen LogP contribution in [0.2, 0.25) is 0 Å². The number of benzene rings is 1. The van der Waals surface area contributed by atoms with Gasteiger partial charge >= 0.3 is 0 Å². The molecule has 4 heteroatoms. The van der Waals surface area contributed by atoms with Crippen LogP contribution in [-0.4, -0.2) is 18.4 Å². The molecule has 0 aliphatic carbocycles. The molecule has 1 aromatic rings. The van der Waals surface area contributed by atoms with Gasteiger partial charge in [0.05, 0.1) is 5.92 Å². The minimum Gasteiger partial charge on any atom is -0.356 e. The predicted molar refractivity (Wildman–Crippen MR) is 65.6 cm³/mol. The van der Waals surface area contributed by atoms with Gasteiger partial charge in [0, 0.05) is 18.7 Å². The lowest BCUT2D eigenvalue weighted by Crippen LogP contribution is -2.34. The fourth-order valence-electron chi connectivity index (χ4n) is 2.07. The van der Waals surface area contributed by atoms with E-state index in [9.17, 15) is 9.59 Å². The number of carbonyl (C=O) groups excluding carboxylic acids is 2. The van der Waals surface area contributed by atoms with Crippen LogP contribution < -0.4 is 10.6 Å². The largest absolute Gasteiger partial charge is 0.356 e. The van der Waals surface area contributed by atoms with E-state index in [0.29, 0.717) is 13.0 Å². The molecule has 0 aromatic heterocycles. The lowest BCUT2D eigenvalue weighted by molar-refractivity contribution is -0.127. The summed E-state index contributed by atoms with van der Waals surface area (Å²) in [7, 11) is 0. The van der Waals surface area contributed by atoms with Gasteiger partial charge in [-0.3, -0.25) is 9.59 Å². The molecule has 0 bridgehead atoms. The van der Waals surface area contributed by atoms with Crippen LogP contribution in [0.3, 0.4) is 0 Å². The van der Waals surface area contributed by atoms with Crippen molar-refractivity contribution in [1.29, 1.82) is 0 Å². The number of anilines is 1. The van der Waals surface area contributed by atoms with Crippen LogP contribution in [0.25, 0.3) is 0 Å². The summed E-state index contributed by atoms with van der Waals surface area (Å²) in [4.78, 5) is 23.3. The Labute approximate surface area is 100 Å². The van der Waals surface area contributed by atoms with Crippen LogP contribution >= 0.6 is 0 Å². The first-order valence-corrected chi connectivity index (χ1v) is 5.86. The molecule has 0 saturated heterocycles. The maximum Gasteiger partial charge on any atom is 0.228 e. The summed E-state index contributed by atoms with van der Waals surface area (Å²) >= 11 is 0. The Morgan fingerprint density at radius 3 is 3.00 bits per heavy atom. The fraction of sp³-hybridized carbons (Fsp3) is 0.385. The monoisotopic (exact) mass is 232 g/mol. The van der Waals surface area contributed by atoms with Crippen LogP contribution in [0.5, 0.6) is 0 Å². The van der Waals surface area contributed by atoms with Crippen molar-refractivity contribution >= 4 is 17.5 Å². The Hall–Kier alpha value is -1.84.